The molecule has 5 nitrogen and oxygen atoms in total. The molecule has 19 heavy (non-hydrogen) atoms. The van der Waals surface area contributed by atoms with Gasteiger partial charge in [-0.2, -0.15) is 10.4 Å². The lowest BCUT2D eigenvalue weighted by Gasteiger charge is -2.06. The Balaban J connectivity index is 1.93. The van der Waals surface area contributed by atoms with Gasteiger partial charge in [0.05, 0.1) is 22.5 Å². The summed E-state index contributed by atoms with van der Waals surface area (Å²) in [6.45, 7) is 0.438. The van der Waals surface area contributed by atoms with E-state index in [0.29, 0.717) is 22.8 Å². The van der Waals surface area contributed by atoms with Crippen LogP contribution in [-0.4, -0.2) is 15.7 Å². The molecule has 2 rings (SSSR count). The van der Waals surface area contributed by atoms with Crippen molar-refractivity contribution in [2.75, 3.05) is 5.32 Å². The summed E-state index contributed by atoms with van der Waals surface area (Å²) in [6, 6.07) is 8.90. The van der Waals surface area contributed by atoms with E-state index in [2.05, 4.69) is 10.4 Å². The Hall–Kier alpha value is -2.32. The molecule has 2 aromatic rings. The van der Waals surface area contributed by atoms with Crippen LogP contribution in [0.1, 0.15) is 12.0 Å². The molecule has 0 bridgehead atoms. The number of nitrogens with one attached hydrogen (secondary N) is 1. The number of nitrogens with zero attached hydrogens (tertiary/aromatic N) is 3. The first-order valence-corrected chi connectivity index (χ1v) is 6.04. The molecule has 0 unspecified atom stereocenters. The van der Waals surface area contributed by atoms with Crippen LogP contribution in [0.3, 0.4) is 0 Å². The highest BCUT2D eigenvalue weighted by molar-refractivity contribution is 6.30. The number of halogens is 1. The van der Waals surface area contributed by atoms with Gasteiger partial charge in [-0.1, -0.05) is 23.7 Å². The van der Waals surface area contributed by atoms with Gasteiger partial charge in [0.25, 0.3) is 0 Å². The lowest BCUT2D eigenvalue weighted by atomic mass is 10.2. The van der Waals surface area contributed by atoms with Crippen molar-refractivity contribution >= 4 is 23.2 Å². The van der Waals surface area contributed by atoms with Gasteiger partial charge in [0, 0.05) is 19.2 Å². The van der Waals surface area contributed by atoms with Gasteiger partial charge in [0.1, 0.15) is 6.07 Å². The fraction of sp³-hybridized carbons (Fsp3) is 0.154. The number of aromatic nitrogens is 2. The quantitative estimate of drug-likeness (QED) is 0.931. The number of anilines is 1. The number of carbonyl (C=O) groups is 1. The maximum Gasteiger partial charge on any atom is 0.226 e. The summed E-state index contributed by atoms with van der Waals surface area (Å²) in [5.41, 5.74) is 0.964. The molecule has 0 aliphatic rings. The SMILES string of the molecule is N#Cc1ccccc1NC(=O)CCn1cc(Cl)cn1. The number of aryl methyl sites for hydroxylation is 1. The third kappa shape index (κ3) is 3.57. The van der Waals surface area contributed by atoms with Crippen molar-refractivity contribution in [3.63, 3.8) is 0 Å². The molecule has 6 heteroatoms. The molecule has 0 saturated carbocycles. The zero-order chi connectivity index (χ0) is 13.7. The van der Waals surface area contributed by atoms with Crippen molar-refractivity contribution in [1.29, 1.82) is 5.26 Å². The summed E-state index contributed by atoms with van der Waals surface area (Å²) in [7, 11) is 0. The van der Waals surface area contributed by atoms with Gasteiger partial charge >= 0.3 is 0 Å². The Bertz CT molecular complexity index is 630. The standard InChI is InChI=1S/C13H11ClN4O/c14-11-8-16-18(9-11)6-5-13(19)17-12-4-2-1-3-10(12)7-15/h1-4,8-9H,5-6H2,(H,17,19). The molecule has 1 heterocycles. The van der Waals surface area contributed by atoms with Gasteiger partial charge < -0.3 is 5.32 Å². The molecule has 0 aliphatic carbocycles. The van der Waals surface area contributed by atoms with E-state index in [-0.39, 0.29) is 12.3 Å². The number of amides is 1. The topological polar surface area (TPSA) is 70.7 Å². The van der Waals surface area contributed by atoms with Crippen molar-refractivity contribution in [3.05, 3.63) is 47.2 Å². The minimum atomic E-state index is -0.172. The first-order valence-electron chi connectivity index (χ1n) is 5.66. The van der Waals surface area contributed by atoms with E-state index in [9.17, 15) is 4.79 Å². The van der Waals surface area contributed by atoms with Crippen molar-refractivity contribution in [2.24, 2.45) is 0 Å². The van der Waals surface area contributed by atoms with Crippen LogP contribution in [0.2, 0.25) is 5.02 Å². The van der Waals surface area contributed by atoms with Gasteiger partial charge in [-0.05, 0) is 12.1 Å². The van der Waals surface area contributed by atoms with Gasteiger partial charge in [-0.3, -0.25) is 9.48 Å². The van der Waals surface area contributed by atoms with E-state index in [1.54, 1.807) is 35.1 Å². The van der Waals surface area contributed by atoms with Gasteiger partial charge in [0.15, 0.2) is 0 Å². The lowest BCUT2D eigenvalue weighted by molar-refractivity contribution is -0.116. The van der Waals surface area contributed by atoms with Crippen molar-refractivity contribution in [1.82, 2.24) is 9.78 Å². The van der Waals surface area contributed by atoms with Gasteiger partial charge in [0.2, 0.25) is 5.91 Å². The van der Waals surface area contributed by atoms with Crippen molar-refractivity contribution < 1.29 is 4.79 Å². The summed E-state index contributed by atoms with van der Waals surface area (Å²) in [4.78, 5) is 11.8. The Morgan fingerprint density at radius 3 is 2.95 bits per heavy atom. The summed E-state index contributed by atoms with van der Waals surface area (Å²) >= 11 is 5.73. The van der Waals surface area contributed by atoms with Crippen LogP contribution in [0.25, 0.3) is 0 Å². The molecular weight excluding hydrogens is 264 g/mol. The second-order valence-electron chi connectivity index (χ2n) is 3.88. The second-order valence-corrected chi connectivity index (χ2v) is 4.31. The highest BCUT2D eigenvalue weighted by Gasteiger charge is 2.06. The summed E-state index contributed by atoms with van der Waals surface area (Å²) < 4.78 is 1.60. The normalized spacial score (nSPS) is 9.89. The lowest BCUT2D eigenvalue weighted by Crippen LogP contribution is -2.15. The fourth-order valence-electron chi connectivity index (χ4n) is 1.58. The predicted molar refractivity (Wildman–Crippen MR) is 71.6 cm³/mol. The Kier molecular flexibility index (Phi) is 4.16. The molecule has 1 aromatic heterocycles. The van der Waals surface area contributed by atoms with Crippen LogP contribution in [-0.2, 0) is 11.3 Å². The fourth-order valence-corrected chi connectivity index (χ4v) is 1.74. The third-order valence-corrected chi connectivity index (χ3v) is 2.69. The first kappa shape index (κ1) is 13.1. The monoisotopic (exact) mass is 274 g/mol. The van der Waals surface area contributed by atoms with E-state index in [0.717, 1.165) is 0 Å². The molecular formula is C13H11ClN4O. The van der Waals surface area contributed by atoms with E-state index in [4.69, 9.17) is 16.9 Å². The number of nitriles is 1. The predicted octanol–water partition coefficient (Wildman–Crippen LogP) is 2.44. The minimum absolute atomic E-state index is 0.172. The second kappa shape index (κ2) is 6.03. The van der Waals surface area contributed by atoms with E-state index >= 15 is 0 Å². The summed E-state index contributed by atoms with van der Waals surface area (Å²) in [5.74, 6) is -0.172. The summed E-state index contributed by atoms with van der Waals surface area (Å²) in [5, 5.41) is 16.1. The Morgan fingerprint density at radius 1 is 1.47 bits per heavy atom. The number of benzene rings is 1. The zero-order valence-corrected chi connectivity index (χ0v) is 10.8. The molecule has 0 aliphatic heterocycles. The molecule has 1 amide bonds. The average molecular weight is 275 g/mol. The minimum Gasteiger partial charge on any atom is -0.325 e. The van der Waals surface area contributed by atoms with Gasteiger partial charge in [-0.15, -0.1) is 0 Å². The first-order chi connectivity index (χ1) is 9.19. The van der Waals surface area contributed by atoms with Crippen LogP contribution < -0.4 is 5.32 Å². The molecule has 1 N–H and O–H groups in total. The zero-order valence-electron chi connectivity index (χ0n) is 10.0. The maximum absolute atomic E-state index is 11.8. The van der Waals surface area contributed by atoms with Crippen LogP contribution in [0.5, 0.6) is 0 Å². The number of carbonyl (C=O) groups excluding carboxylic acids is 1. The van der Waals surface area contributed by atoms with Crippen LogP contribution >= 0.6 is 11.6 Å². The largest absolute Gasteiger partial charge is 0.325 e. The van der Waals surface area contributed by atoms with Crippen LogP contribution in [0.15, 0.2) is 36.7 Å². The molecule has 0 atom stereocenters. The molecule has 0 radical (unpaired) electrons. The summed E-state index contributed by atoms with van der Waals surface area (Å²) in [6.07, 6.45) is 3.43. The van der Waals surface area contributed by atoms with Crippen molar-refractivity contribution in [2.45, 2.75) is 13.0 Å². The molecule has 0 fully saturated rings. The van der Waals surface area contributed by atoms with Crippen LogP contribution in [0, 0.1) is 11.3 Å². The van der Waals surface area contributed by atoms with E-state index in [1.165, 1.54) is 6.20 Å². The van der Waals surface area contributed by atoms with Gasteiger partial charge in [-0.25, -0.2) is 0 Å². The third-order valence-electron chi connectivity index (χ3n) is 2.49. The Morgan fingerprint density at radius 2 is 2.26 bits per heavy atom. The van der Waals surface area contributed by atoms with E-state index < -0.39 is 0 Å². The molecule has 96 valence electrons. The molecule has 0 spiro atoms. The highest BCUT2D eigenvalue weighted by atomic mass is 35.5. The smallest absolute Gasteiger partial charge is 0.226 e. The van der Waals surface area contributed by atoms with Crippen molar-refractivity contribution in [3.8, 4) is 6.07 Å². The highest BCUT2D eigenvalue weighted by Crippen LogP contribution is 2.13. The number of para-hydroxylation sites is 1. The number of hydrogen-bond donors (Lipinski definition) is 1. The Labute approximate surface area is 115 Å². The maximum atomic E-state index is 11.8. The number of hydrogen-bond acceptors (Lipinski definition) is 3. The molecule has 0 saturated heterocycles. The number of rotatable bonds is 4. The van der Waals surface area contributed by atoms with Crippen LogP contribution in [0.4, 0.5) is 5.69 Å². The average Bonchev–Trinajstić information content (AvgIpc) is 2.83. The molecule has 1 aromatic carbocycles. The van der Waals surface area contributed by atoms with E-state index in [1.807, 2.05) is 6.07 Å².